The summed E-state index contributed by atoms with van der Waals surface area (Å²) in [5, 5.41) is 16.2. The van der Waals surface area contributed by atoms with Crippen LogP contribution in [0.2, 0.25) is 0 Å². The smallest absolute Gasteiger partial charge is 0.435 e. The Labute approximate surface area is 63.9 Å². The van der Waals surface area contributed by atoms with Gasteiger partial charge in [0, 0.05) is 0 Å². The van der Waals surface area contributed by atoms with Crippen LogP contribution >= 0.6 is 0 Å². The highest BCUT2D eigenvalue weighted by Crippen LogP contribution is 1.85. The van der Waals surface area contributed by atoms with Gasteiger partial charge in [-0.1, -0.05) is 0 Å². The van der Waals surface area contributed by atoms with Gasteiger partial charge in [-0.05, 0) is 6.92 Å². The molecule has 0 aliphatic heterocycles. The molecular formula is C4H9BO6. The van der Waals surface area contributed by atoms with Crippen LogP contribution in [0.5, 0.6) is 0 Å². The van der Waals surface area contributed by atoms with Crippen molar-refractivity contribution in [3.8, 4) is 0 Å². The standard InChI is InChI=1S/C4H9BO6/c1-2-9-4(6)10-3-11-5(7)8/h7-8H,2-3H2,1H3. The first-order valence-electron chi connectivity index (χ1n) is 2.94. The van der Waals surface area contributed by atoms with Crippen LogP contribution in [-0.4, -0.2) is 36.9 Å². The molecule has 0 atom stereocenters. The third-order valence-electron chi connectivity index (χ3n) is 0.656. The molecule has 0 unspecified atom stereocenters. The molecule has 0 amide bonds. The molecule has 0 fully saturated rings. The van der Waals surface area contributed by atoms with Crippen LogP contribution in [0.25, 0.3) is 0 Å². The fourth-order valence-electron chi connectivity index (χ4n) is 0.303. The fourth-order valence-corrected chi connectivity index (χ4v) is 0.303. The summed E-state index contributed by atoms with van der Waals surface area (Å²) in [7, 11) is -1.94. The van der Waals surface area contributed by atoms with Crippen molar-refractivity contribution in [2.75, 3.05) is 13.4 Å². The highest BCUT2D eigenvalue weighted by molar-refractivity contribution is 6.32. The van der Waals surface area contributed by atoms with Gasteiger partial charge in [0.2, 0.25) is 0 Å². The van der Waals surface area contributed by atoms with Crippen molar-refractivity contribution in [3.05, 3.63) is 0 Å². The first-order chi connectivity index (χ1) is 5.16. The lowest BCUT2D eigenvalue weighted by atomic mass is 10.3. The minimum Gasteiger partial charge on any atom is -0.435 e. The molecule has 6 nitrogen and oxygen atoms in total. The molecule has 0 saturated heterocycles. The molecule has 0 aliphatic carbocycles. The topological polar surface area (TPSA) is 85.2 Å². The van der Waals surface area contributed by atoms with Gasteiger partial charge in [0.05, 0.1) is 6.61 Å². The Morgan fingerprint density at radius 3 is 2.55 bits per heavy atom. The Morgan fingerprint density at radius 1 is 1.45 bits per heavy atom. The lowest BCUT2D eigenvalue weighted by Crippen LogP contribution is -2.20. The zero-order valence-electron chi connectivity index (χ0n) is 6.02. The Hall–Kier alpha value is -0.785. The van der Waals surface area contributed by atoms with Crippen molar-refractivity contribution in [1.82, 2.24) is 0 Å². The number of carbonyl (C=O) groups excluding carboxylic acids is 1. The third kappa shape index (κ3) is 7.11. The van der Waals surface area contributed by atoms with Gasteiger partial charge >= 0.3 is 13.5 Å². The van der Waals surface area contributed by atoms with Gasteiger partial charge in [-0.15, -0.1) is 0 Å². The lowest BCUT2D eigenvalue weighted by molar-refractivity contribution is -0.00982. The summed E-state index contributed by atoms with van der Waals surface area (Å²) in [6.07, 6.45) is -0.909. The summed E-state index contributed by atoms with van der Waals surface area (Å²) < 4.78 is 12.6. The Bertz CT molecular complexity index is 115. The van der Waals surface area contributed by atoms with E-state index in [-0.39, 0.29) is 6.61 Å². The lowest BCUT2D eigenvalue weighted by Gasteiger charge is -2.03. The monoisotopic (exact) mass is 164 g/mol. The second-order valence-electron chi connectivity index (χ2n) is 1.44. The van der Waals surface area contributed by atoms with E-state index in [2.05, 4.69) is 14.1 Å². The predicted molar refractivity (Wildman–Crippen MR) is 34.3 cm³/mol. The summed E-state index contributed by atoms with van der Waals surface area (Å²) >= 11 is 0. The van der Waals surface area contributed by atoms with Crippen LogP contribution in [0, 0.1) is 0 Å². The van der Waals surface area contributed by atoms with E-state index >= 15 is 0 Å². The summed E-state index contributed by atoms with van der Waals surface area (Å²) in [5.74, 6) is 0. The van der Waals surface area contributed by atoms with Gasteiger partial charge in [0.15, 0.2) is 6.79 Å². The van der Waals surface area contributed by atoms with E-state index in [4.69, 9.17) is 10.0 Å². The van der Waals surface area contributed by atoms with Crippen molar-refractivity contribution in [2.45, 2.75) is 6.92 Å². The van der Waals surface area contributed by atoms with Gasteiger partial charge < -0.3 is 24.2 Å². The SMILES string of the molecule is CCOC(=O)OCOB(O)O. The fraction of sp³-hybridized carbons (Fsp3) is 0.750. The Kier molecular flexibility index (Phi) is 5.53. The molecule has 64 valence electrons. The van der Waals surface area contributed by atoms with Gasteiger partial charge in [-0.2, -0.15) is 0 Å². The van der Waals surface area contributed by atoms with E-state index < -0.39 is 20.3 Å². The minimum atomic E-state index is -1.94. The second-order valence-corrected chi connectivity index (χ2v) is 1.44. The summed E-state index contributed by atoms with van der Waals surface area (Å²) in [6.45, 7) is 1.26. The van der Waals surface area contributed by atoms with Gasteiger partial charge in [-0.25, -0.2) is 4.79 Å². The molecule has 0 radical (unpaired) electrons. The van der Waals surface area contributed by atoms with Gasteiger partial charge in [-0.3, -0.25) is 0 Å². The normalized spacial score (nSPS) is 9.00. The van der Waals surface area contributed by atoms with Crippen molar-refractivity contribution in [3.63, 3.8) is 0 Å². The highest BCUT2D eigenvalue weighted by Gasteiger charge is 2.09. The molecule has 7 heteroatoms. The number of rotatable bonds is 4. The van der Waals surface area contributed by atoms with Crippen molar-refractivity contribution in [1.29, 1.82) is 0 Å². The maximum atomic E-state index is 10.3. The van der Waals surface area contributed by atoms with E-state index in [0.717, 1.165) is 0 Å². The quantitative estimate of drug-likeness (QED) is 0.318. The van der Waals surface area contributed by atoms with Crippen molar-refractivity contribution >= 4 is 13.5 Å². The van der Waals surface area contributed by atoms with E-state index in [0.29, 0.717) is 0 Å². The van der Waals surface area contributed by atoms with E-state index in [9.17, 15) is 4.79 Å². The Morgan fingerprint density at radius 2 is 2.09 bits per heavy atom. The zero-order valence-corrected chi connectivity index (χ0v) is 6.02. The number of carbonyl (C=O) groups is 1. The number of hydrogen-bond donors (Lipinski definition) is 2. The summed E-state index contributed by atoms with van der Waals surface area (Å²) in [4.78, 5) is 10.3. The van der Waals surface area contributed by atoms with E-state index in [1.54, 1.807) is 6.92 Å². The first-order valence-corrected chi connectivity index (χ1v) is 2.94. The zero-order chi connectivity index (χ0) is 8.69. The van der Waals surface area contributed by atoms with Gasteiger partial charge in [0.25, 0.3) is 0 Å². The average molecular weight is 164 g/mol. The molecule has 2 N–H and O–H groups in total. The molecule has 0 heterocycles. The molecule has 0 aliphatic rings. The van der Waals surface area contributed by atoms with E-state index in [1.165, 1.54) is 0 Å². The van der Waals surface area contributed by atoms with Crippen LogP contribution in [0.3, 0.4) is 0 Å². The average Bonchev–Trinajstić information content (AvgIpc) is 1.87. The minimum absolute atomic E-state index is 0.195. The van der Waals surface area contributed by atoms with E-state index in [1.807, 2.05) is 0 Å². The number of ether oxygens (including phenoxy) is 2. The maximum Gasteiger partial charge on any atom is 0.636 e. The predicted octanol–water partition coefficient (Wildman–Crippen LogP) is -0.897. The van der Waals surface area contributed by atoms with Crippen molar-refractivity contribution in [2.24, 2.45) is 0 Å². The summed E-state index contributed by atoms with van der Waals surface area (Å²) in [5.41, 5.74) is 0. The van der Waals surface area contributed by atoms with Crippen LogP contribution in [0.4, 0.5) is 4.79 Å². The molecule has 0 saturated carbocycles. The second kappa shape index (κ2) is 5.96. The summed E-state index contributed by atoms with van der Waals surface area (Å²) in [6, 6.07) is 0. The van der Waals surface area contributed by atoms with Crippen LogP contribution < -0.4 is 0 Å². The van der Waals surface area contributed by atoms with Crippen molar-refractivity contribution < 1.29 is 29.0 Å². The van der Waals surface area contributed by atoms with Crippen LogP contribution in [0.15, 0.2) is 0 Å². The highest BCUT2D eigenvalue weighted by atomic mass is 16.8. The molecular weight excluding hydrogens is 155 g/mol. The maximum absolute atomic E-state index is 10.3. The van der Waals surface area contributed by atoms with Gasteiger partial charge in [0.1, 0.15) is 0 Å². The first kappa shape index (κ1) is 10.2. The molecule has 0 rings (SSSR count). The van der Waals surface area contributed by atoms with Crippen LogP contribution in [0.1, 0.15) is 6.92 Å². The molecule has 11 heavy (non-hydrogen) atoms. The molecule has 0 aromatic carbocycles. The number of hydrogen-bond acceptors (Lipinski definition) is 6. The van der Waals surface area contributed by atoms with Crippen LogP contribution in [-0.2, 0) is 14.1 Å². The molecule has 0 aromatic heterocycles. The third-order valence-corrected chi connectivity index (χ3v) is 0.656. The molecule has 0 spiro atoms. The molecule has 0 bridgehead atoms. The largest absolute Gasteiger partial charge is 0.636 e. The molecule has 0 aromatic rings. The Balaban J connectivity index is 3.17.